The summed E-state index contributed by atoms with van der Waals surface area (Å²) in [5.41, 5.74) is 2.04. The van der Waals surface area contributed by atoms with Crippen LogP contribution in [0.2, 0.25) is 0 Å². The fourth-order valence-corrected chi connectivity index (χ4v) is 4.80. The van der Waals surface area contributed by atoms with E-state index in [-0.39, 0.29) is 17.4 Å². The molecule has 6 heteroatoms. The Balaban J connectivity index is 1.73. The summed E-state index contributed by atoms with van der Waals surface area (Å²) >= 11 is 0. The number of likely N-dealkylation sites (tertiary alicyclic amines) is 1. The first-order chi connectivity index (χ1) is 14.6. The molecule has 0 spiro atoms. The first-order valence-electron chi connectivity index (χ1n) is 10.2. The average molecular weight is 404 g/mol. The van der Waals surface area contributed by atoms with E-state index in [1.807, 2.05) is 24.3 Å². The van der Waals surface area contributed by atoms with E-state index in [4.69, 9.17) is 0 Å². The van der Waals surface area contributed by atoms with E-state index in [2.05, 4.69) is 4.98 Å². The number of aromatic nitrogens is 1. The minimum absolute atomic E-state index is 0.0429. The van der Waals surface area contributed by atoms with Crippen molar-refractivity contribution >= 4 is 28.4 Å². The van der Waals surface area contributed by atoms with E-state index in [9.17, 15) is 19.1 Å². The van der Waals surface area contributed by atoms with E-state index in [1.165, 1.54) is 24.3 Å². The zero-order valence-corrected chi connectivity index (χ0v) is 16.3. The first kappa shape index (κ1) is 18.6. The number of rotatable bonds is 3. The van der Waals surface area contributed by atoms with Crippen molar-refractivity contribution in [1.82, 2.24) is 9.88 Å². The van der Waals surface area contributed by atoms with Crippen LogP contribution in [0, 0.1) is 5.82 Å². The second-order valence-electron chi connectivity index (χ2n) is 7.94. The van der Waals surface area contributed by atoms with Crippen LogP contribution in [0.3, 0.4) is 0 Å². The molecule has 2 aliphatic rings. The number of hydrogen-bond donors (Lipinski definition) is 2. The highest BCUT2D eigenvalue weighted by atomic mass is 19.1. The number of Topliss-reactive ketones (excluding diaryl/α,β-unsaturated/α-hetero) is 1. The molecule has 2 N–H and O–H groups in total. The van der Waals surface area contributed by atoms with E-state index in [0.29, 0.717) is 5.56 Å². The third kappa shape index (κ3) is 2.83. The Labute approximate surface area is 172 Å². The van der Waals surface area contributed by atoms with Gasteiger partial charge in [0.15, 0.2) is 0 Å². The van der Waals surface area contributed by atoms with Crippen LogP contribution < -0.4 is 0 Å². The molecule has 5 nitrogen and oxygen atoms in total. The van der Waals surface area contributed by atoms with Gasteiger partial charge in [-0.15, -0.1) is 0 Å². The number of hydrogen-bond acceptors (Lipinski definition) is 3. The van der Waals surface area contributed by atoms with Gasteiger partial charge in [0.1, 0.15) is 11.6 Å². The fraction of sp³-hybridized carbons (Fsp3) is 0.250. The molecule has 1 aliphatic carbocycles. The summed E-state index contributed by atoms with van der Waals surface area (Å²) in [6.45, 7) is 0. The Morgan fingerprint density at radius 2 is 1.73 bits per heavy atom. The number of aromatic amines is 1. The summed E-state index contributed by atoms with van der Waals surface area (Å²) in [5.74, 6) is -1.99. The maximum absolute atomic E-state index is 13.4. The van der Waals surface area contributed by atoms with Crippen molar-refractivity contribution in [3.05, 3.63) is 77.2 Å². The van der Waals surface area contributed by atoms with Gasteiger partial charge in [0.25, 0.3) is 11.7 Å². The smallest absolute Gasteiger partial charge is 0.295 e. The molecule has 1 aromatic heterocycles. The zero-order chi connectivity index (χ0) is 20.8. The molecule has 0 radical (unpaired) electrons. The number of aliphatic hydroxyl groups excluding tert-OH is 1. The second-order valence-corrected chi connectivity index (χ2v) is 7.94. The third-order valence-corrected chi connectivity index (χ3v) is 6.23. The highest BCUT2D eigenvalue weighted by Gasteiger charge is 2.49. The van der Waals surface area contributed by atoms with Gasteiger partial charge in [0.05, 0.1) is 11.6 Å². The van der Waals surface area contributed by atoms with Crippen molar-refractivity contribution in [3.63, 3.8) is 0 Å². The summed E-state index contributed by atoms with van der Waals surface area (Å²) in [7, 11) is 0. The lowest BCUT2D eigenvalue weighted by Gasteiger charge is -2.30. The number of amides is 1. The minimum atomic E-state index is -0.695. The van der Waals surface area contributed by atoms with Crippen molar-refractivity contribution in [2.75, 3.05) is 0 Å². The summed E-state index contributed by atoms with van der Waals surface area (Å²) in [4.78, 5) is 31.1. The molecule has 1 saturated heterocycles. The van der Waals surface area contributed by atoms with Crippen LogP contribution in [0.5, 0.6) is 0 Å². The number of nitrogens with one attached hydrogen (secondary N) is 1. The monoisotopic (exact) mass is 404 g/mol. The quantitative estimate of drug-likeness (QED) is 0.378. The lowest BCUT2D eigenvalue weighted by molar-refractivity contribution is -0.141. The Morgan fingerprint density at radius 1 is 1.03 bits per heavy atom. The van der Waals surface area contributed by atoms with Crippen LogP contribution >= 0.6 is 0 Å². The van der Waals surface area contributed by atoms with Crippen LogP contribution in [0.15, 0.2) is 60.3 Å². The average Bonchev–Trinajstić information content (AvgIpc) is 3.47. The van der Waals surface area contributed by atoms with Gasteiger partial charge in [0, 0.05) is 34.3 Å². The molecule has 1 amide bonds. The molecule has 2 fully saturated rings. The van der Waals surface area contributed by atoms with Gasteiger partial charge in [-0.05, 0) is 43.2 Å². The largest absolute Gasteiger partial charge is 0.507 e. The van der Waals surface area contributed by atoms with Crippen molar-refractivity contribution in [2.24, 2.45) is 0 Å². The van der Waals surface area contributed by atoms with E-state index < -0.39 is 23.5 Å². The molecule has 2 heterocycles. The van der Waals surface area contributed by atoms with Gasteiger partial charge in [-0.25, -0.2) is 4.39 Å². The Bertz CT molecular complexity index is 1170. The van der Waals surface area contributed by atoms with E-state index in [1.54, 1.807) is 11.1 Å². The molecule has 0 bridgehead atoms. The number of aliphatic hydroxyl groups is 1. The van der Waals surface area contributed by atoms with E-state index in [0.717, 1.165) is 42.1 Å². The molecule has 30 heavy (non-hydrogen) atoms. The summed E-state index contributed by atoms with van der Waals surface area (Å²) in [5, 5.41) is 11.9. The first-order valence-corrected chi connectivity index (χ1v) is 10.2. The van der Waals surface area contributed by atoms with Crippen LogP contribution in [0.25, 0.3) is 16.7 Å². The van der Waals surface area contributed by atoms with Gasteiger partial charge in [0.2, 0.25) is 0 Å². The van der Waals surface area contributed by atoms with Crippen LogP contribution in [-0.4, -0.2) is 32.7 Å². The van der Waals surface area contributed by atoms with Crippen molar-refractivity contribution in [2.45, 2.75) is 37.8 Å². The second kappa shape index (κ2) is 7.13. The fourth-order valence-electron chi connectivity index (χ4n) is 4.80. The van der Waals surface area contributed by atoms with Crippen LogP contribution in [0.1, 0.15) is 42.9 Å². The molecule has 152 valence electrons. The summed E-state index contributed by atoms with van der Waals surface area (Å²) in [6, 6.07) is 12.2. The predicted octanol–water partition coefficient (Wildman–Crippen LogP) is 4.67. The van der Waals surface area contributed by atoms with Crippen LogP contribution in [0.4, 0.5) is 4.39 Å². The number of carbonyl (C=O) groups excluding carboxylic acids is 2. The molecule has 2 aromatic carbocycles. The molecular weight excluding hydrogens is 383 g/mol. The molecular formula is C24H21FN2O3. The Kier molecular flexibility index (Phi) is 4.42. The lowest BCUT2D eigenvalue weighted by Crippen LogP contribution is -2.37. The topological polar surface area (TPSA) is 73.4 Å². The SMILES string of the molecule is O=C1C(=O)N(C2CCCC2)C(c2c[nH]c3ccccc23)/C1=C(\O)c1ccc(F)cc1. The maximum atomic E-state index is 13.4. The highest BCUT2D eigenvalue weighted by molar-refractivity contribution is 6.46. The van der Waals surface area contributed by atoms with Crippen molar-refractivity contribution in [3.8, 4) is 0 Å². The summed E-state index contributed by atoms with van der Waals surface area (Å²) < 4.78 is 13.4. The normalized spacial score (nSPS) is 21.8. The molecule has 1 saturated carbocycles. The third-order valence-electron chi connectivity index (χ3n) is 6.23. The number of ketones is 1. The van der Waals surface area contributed by atoms with Gasteiger partial charge in [-0.1, -0.05) is 31.0 Å². The van der Waals surface area contributed by atoms with E-state index >= 15 is 0 Å². The predicted molar refractivity (Wildman–Crippen MR) is 111 cm³/mol. The molecule has 1 atom stereocenters. The maximum Gasteiger partial charge on any atom is 0.295 e. The van der Waals surface area contributed by atoms with Gasteiger partial charge in [-0.2, -0.15) is 0 Å². The highest BCUT2D eigenvalue weighted by Crippen LogP contribution is 2.45. The number of carbonyl (C=O) groups is 2. The Morgan fingerprint density at radius 3 is 2.47 bits per heavy atom. The molecule has 3 aromatic rings. The lowest BCUT2D eigenvalue weighted by atomic mass is 9.94. The number of benzene rings is 2. The molecule has 5 rings (SSSR count). The zero-order valence-electron chi connectivity index (χ0n) is 16.3. The number of H-pyrrole nitrogens is 1. The molecule has 1 aliphatic heterocycles. The number of para-hydroxylation sites is 1. The Hall–Kier alpha value is -3.41. The van der Waals surface area contributed by atoms with Gasteiger partial charge < -0.3 is 15.0 Å². The number of halogens is 1. The summed E-state index contributed by atoms with van der Waals surface area (Å²) in [6.07, 6.45) is 5.49. The minimum Gasteiger partial charge on any atom is -0.507 e. The van der Waals surface area contributed by atoms with Gasteiger partial charge >= 0.3 is 0 Å². The van der Waals surface area contributed by atoms with Gasteiger partial charge in [-0.3, -0.25) is 9.59 Å². The number of nitrogens with zero attached hydrogens (tertiary/aromatic N) is 1. The van der Waals surface area contributed by atoms with Crippen LogP contribution in [-0.2, 0) is 9.59 Å². The standard InChI is InChI=1S/C24H21FN2O3/c25-15-11-9-14(10-12-15)22(28)20-21(18-13-26-19-8-4-3-7-17(18)19)27(24(30)23(20)29)16-5-1-2-6-16/h3-4,7-13,16,21,26,28H,1-2,5-6H2/b22-20+. The molecule has 1 unspecified atom stereocenters. The van der Waals surface area contributed by atoms with Crippen molar-refractivity contribution < 1.29 is 19.1 Å². The number of fused-ring (bicyclic) bond motifs is 1. The van der Waals surface area contributed by atoms with Crippen molar-refractivity contribution in [1.29, 1.82) is 0 Å².